The Morgan fingerprint density at radius 1 is 1.50 bits per heavy atom. The molecular formula is C11H8BrN5O3. The number of aromatic amines is 1. The lowest BCUT2D eigenvalue weighted by Crippen LogP contribution is -2.10. The first kappa shape index (κ1) is 13.9. The largest absolute Gasteiger partial charge is 0.280 e. The average molecular weight is 338 g/mol. The summed E-state index contributed by atoms with van der Waals surface area (Å²) in [6, 6.07) is 6.01. The van der Waals surface area contributed by atoms with Gasteiger partial charge in [-0.05, 0) is 15.9 Å². The van der Waals surface area contributed by atoms with E-state index in [1.165, 1.54) is 24.5 Å². The zero-order valence-corrected chi connectivity index (χ0v) is 11.5. The van der Waals surface area contributed by atoms with Crippen molar-refractivity contribution in [2.75, 3.05) is 5.43 Å². The highest BCUT2D eigenvalue weighted by Crippen LogP contribution is 2.15. The Bertz CT molecular complexity index is 728. The van der Waals surface area contributed by atoms with Gasteiger partial charge in [-0.1, -0.05) is 12.1 Å². The lowest BCUT2D eigenvalue weighted by molar-refractivity contribution is -0.384. The molecule has 0 bridgehead atoms. The molecule has 2 rings (SSSR count). The summed E-state index contributed by atoms with van der Waals surface area (Å²) in [6.07, 6.45) is 2.79. The number of aromatic nitrogens is 2. The smallest absolute Gasteiger partial charge is 0.275 e. The van der Waals surface area contributed by atoms with E-state index in [1.54, 1.807) is 12.1 Å². The fraction of sp³-hybridized carbons (Fsp3) is 0. The van der Waals surface area contributed by atoms with Gasteiger partial charge in [-0.15, -0.1) is 0 Å². The minimum absolute atomic E-state index is 0.0204. The maximum absolute atomic E-state index is 11.3. The highest BCUT2D eigenvalue weighted by Gasteiger charge is 2.04. The van der Waals surface area contributed by atoms with Crippen LogP contribution in [0.15, 0.2) is 44.8 Å². The molecule has 0 atom stereocenters. The van der Waals surface area contributed by atoms with E-state index in [1.807, 2.05) is 0 Å². The van der Waals surface area contributed by atoms with Crippen molar-refractivity contribution in [1.29, 1.82) is 0 Å². The van der Waals surface area contributed by atoms with Crippen LogP contribution in [0.2, 0.25) is 0 Å². The molecule has 0 fully saturated rings. The Morgan fingerprint density at radius 3 is 3.05 bits per heavy atom. The number of non-ortho nitro benzene ring substituents is 1. The molecule has 0 spiro atoms. The van der Waals surface area contributed by atoms with Gasteiger partial charge in [0.1, 0.15) is 4.47 Å². The van der Waals surface area contributed by atoms with Crippen molar-refractivity contribution >= 4 is 33.5 Å². The van der Waals surface area contributed by atoms with Crippen molar-refractivity contribution < 1.29 is 4.92 Å². The molecule has 102 valence electrons. The number of halogens is 1. The first-order valence-electron chi connectivity index (χ1n) is 5.34. The number of nitro benzene ring substituents is 1. The number of H-pyrrole nitrogens is 1. The van der Waals surface area contributed by atoms with Crippen LogP contribution >= 0.6 is 15.9 Å². The van der Waals surface area contributed by atoms with Gasteiger partial charge in [0.25, 0.3) is 11.2 Å². The lowest BCUT2D eigenvalue weighted by Gasteiger charge is -2.00. The van der Waals surface area contributed by atoms with Crippen LogP contribution in [0.3, 0.4) is 0 Å². The van der Waals surface area contributed by atoms with Gasteiger partial charge in [0.2, 0.25) is 0 Å². The molecule has 0 unspecified atom stereocenters. The minimum atomic E-state index is -0.484. The first-order valence-corrected chi connectivity index (χ1v) is 6.14. The summed E-state index contributed by atoms with van der Waals surface area (Å²) in [5.74, 6) is 0. The molecule has 1 aromatic heterocycles. The number of nitro groups is 1. The molecule has 0 aliphatic carbocycles. The quantitative estimate of drug-likeness (QED) is 0.502. The van der Waals surface area contributed by atoms with Gasteiger partial charge in [0, 0.05) is 17.7 Å². The summed E-state index contributed by atoms with van der Waals surface area (Å²) < 4.78 is 0.267. The molecule has 0 amide bonds. The van der Waals surface area contributed by atoms with Crippen LogP contribution in [0, 0.1) is 10.1 Å². The Balaban J connectivity index is 2.14. The number of hydrogen-bond acceptors (Lipinski definition) is 6. The third-order valence-electron chi connectivity index (χ3n) is 2.28. The van der Waals surface area contributed by atoms with Crippen LogP contribution in [0.25, 0.3) is 0 Å². The van der Waals surface area contributed by atoms with E-state index in [0.717, 1.165) is 0 Å². The predicted molar refractivity (Wildman–Crippen MR) is 76.9 cm³/mol. The summed E-state index contributed by atoms with van der Waals surface area (Å²) in [5.41, 5.74) is 3.15. The molecule has 0 saturated carbocycles. The second kappa shape index (κ2) is 6.06. The molecule has 0 saturated heterocycles. The summed E-state index contributed by atoms with van der Waals surface area (Å²) >= 11 is 3.09. The van der Waals surface area contributed by atoms with Gasteiger partial charge < -0.3 is 0 Å². The van der Waals surface area contributed by atoms with E-state index in [9.17, 15) is 14.9 Å². The second-order valence-corrected chi connectivity index (χ2v) is 4.44. The van der Waals surface area contributed by atoms with Gasteiger partial charge in [0.15, 0.2) is 0 Å². The van der Waals surface area contributed by atoms with Crippen LogP contribution in [-0.2, 0) is 0 Å². The third-order valence-corrected chi connectivity index (χ3v) is 3.06. The molecule has 1 heterocycles. The minimum Gasteiger partial charge on any atom is -0.275 e. The third kappa shape index (κ3) is 3.26. The van der Waals surface area contributed by atoms with E-state index < -0.39 is 4.92 Å². The molecule has 2 N–H and O–H groups in total. The number of nitrogens with one attached hydrogen (secondary N) is 2. The molecule has 2 aromatic rings. The molecule has 0 radical (unpaired) electrons. The molecule has 0 aliphatic rings. The van der Waals surface area contributed by atoms with Crippen LogP contribution in [0.4, 0.5) is 11.4 Å². The number of rotatable bonds is 4. The Labute approximate surface area is 120 Å². The van der Waals surface area contributed by atoms with E-state index in [-0.39, 0.29) is 15.7 Å². The SMILES string of the molecule is O=c1[nH]ncc(N/N=C/c2cccc([N+](=O)[O-])c2)c1Br. The number of hydrazone groups is 1. The van der Waals surface area contributed by atoms with Crippen molar-refractivity contribution in [3.8, 4) is 0 Å². The van der Waals surface area contributed by atoms with E-state index >= 15 is 0 Å². The molecule has 9 heteroatoms. The molecule has 0 aliphatic heterocycles. The van der Waals surface area contributed by atoms with Gasteiger partial charge in [-0.2, -0.15) is 10.2 Å². The topological polar surface area (TPSA) is 113 Å². The first-order chi connectivity index (χ1) is 9.58. The van der Waals surface area contributed by atoms with Crippen molar-refractivity contribution in [2.24, 2.45) is 5.10 Å². The highest BCUT2D eigenvalue weighted by atomic mass is 79.9. The van der Waals surface area contributed by atoms with Crippen LogP contribution in [-0.4, -0.2) is 21.3 Å². The fourth-order valence-electron chi connectivity index (χ4n) is 1.36. The Kier molecular flexibility index (Phi) is 4.20. The Hall–Kier alpha value is -2.55. The Morgan fingerprint density at radius 2 is 2.30 bits per heavy atom. The summed E-state index contributed by atoms with van der Waals surface area (Å²) in [5, 5.41) is 20.4. The summed E-state index contributed by atoms with van der Waals surface area (Å²) in [6.45, 7) is 0. The van der Waals surface area contributed by atoms with E-state index in [4.69, 9.17) is 0 Å². The average Bonchev–Trinajstić information content (AvgIpc) is 2.44. The van der Waals surface area contributed by atoms with Crippen molar-refractivity contribution in [3.05, 3.63) is 61.0 Å². The lowest BCUT2D eigenvalue weighted by atomic mass is 10.2. The summed E-state index contributed by atoms with van der Waals surface area (Å²) in [4.78, 5) is 21.4. The van der Waals surface area contributed by atoms with E-state index in [2.05, 4.69) is 36.7 Å². The van der Waals surface area contributed by atoms with Crippen molar-refractivity contribution in [3.63, 3.8) is 0 Å². The van der Waals surface area contributed by atoms with Crippen molar-refractivity contribution in [1.82, 2.24) is 10.2 Å². The zero-order valence-electron chi connectivity index (χ0n) is 9.91. The molecule has 8 nitrogen and oxygen atoms in total. The number of benzene rings is 1. The maximum atomic E-state index is 11.3. The zero-order chi connectivity index (χ0) is 14.5. The normalized spacial score (nSPS) is 10.7. The monoisotopic (exact) mass is 337 g/mol. The predicted octanol–water partition coefficient (Wildman–Crippen LogP) is 1.89. The summed E-state index contributed by atoms with van der Waals surface area (Å²) in [7, 11) is 0. The van der Waals surface area contributed by atoms with Gasteiger partial charge in [-0.25, -0.2) is 5.10 Å². The second-order valence-electron chi connectivity index (χ2n) is 3.65. The van der Waals surface area contributed by atoms with Crippen LogP contribution in [0.5, 0.6) is 0 Å². The van der Waals surface area contributed by atoms with Crippen LogP contribution < -0.4 is 11.0 Å². The van der Waals surface area contributed by atoms with Gasteiger partial charge >= 0.3 is 0 Å². The molecular weight excluding hydrogens is 330 g/mol. The fourth-order valence-corrected chi connectivity index (χ4v) is 1.64. The number of hydrogen-bond donors (Lipinski definition) is 2. The van der Waals surface area contributed by atoms with Gasteiger partial charge in [0.05, 0.1) is 23.0 Å². The van der Waals surface area contributed by atoms with Gasteiger partial charge in [-0.3, -0.25) is 20.3 Å². The molecule has 1 aromatic carbocycles. The number of anilines is 1. The van der Waals surface area contributed by atoms with E-state index in [0.29, 0.717) is 11.3 Å². The van der Waals surface area contributed by atoms with Crippen LogP contribution in [0.1, 0.15) is 5.56 Å². The number of nitrogens with zero attached hydrogens (tertiary/aromatic N) is 3. The van der Waals surface area contributed by atoms with Crippen molar-refractivity contribution in [2.45, 2.75) is 0 Å². The molecule has 20 heavy (non-hydrogen) atoms. The standard InChI is InChI=1S/C11H8BrN5O3/c12-10-9(6-14-16-11(10)18)15-13-5-7-2-1-3-8(4-7)17(19)20/h1-6H,(H2,15,16,18)/b13-5+. The maximum Gasteiger partial charge on any atom is 0.280 e. The highest BCUT2D eigenvalue weighted by molar-refractivity contribution is 9.10.